The van der Waals surface area contributed by atoms with Gasteiger partial charge in [-0.3, -0.25) is 9.52 Å². The Morgan fingerprint density at radius 1 is 0.970 bits per heavy atom. The summed E-state index contributed by atoms with van der Waals surface area (Å²) in [7, 11) is -2.47. The summed E-state index contributed by atoms with van der Waals surface area (Å²) in [4.78, 5) is 12.4. The number of hydrogen-bond donors (Lipinski definition) is 2. The molecule has 2 N–H and O–H groups in total. The fraction of sp³-hybridized carbons (Fsp3) is 0.200. The van der Waals surface area contributed by atoms with E-state index in [9.17, 15) is 13.2 Å². The molecule has 7 nitrogen and oxygen atoms in total. The fourth-order valence-electron chi connectivity index (χ4n) is 3.04. The van der Waals surface area contributed by atoms with Crippen LogP contribution in [0.4, 0.5) is 5.69 Å². The third kappa shape index (κ3) is 6.20. The highest BCUT2D eigenvalue weighted by Crippen LogP contribution is 2.26. The Balaban J connectivity index is 1.71. The van der Waals surface area contributed by atoms with Gasteiger partial charge < -0.3 is 4.74 Å². The molecule has 0 aliphatic carbocycles. The third-order valence-corrected chi connectivity index (χ3v) is 6.28. The van der Waals surface area contributed by atoms with E-state index in [2.05, 4.69) is 36.0 Å². The normalized spacial score (nSPS) is 11.9. The van der Waals surface area contributed by atoms with E-state index in [0.717, 1.165) is 5.56 Å². The first-order chi connectivity index (χ1) is 15.6. The molecule has 0 heterocycles. The van der Waals surface area contributed by atoms with Crippen molar-refractivity contribution >= 4 is 27.8 Å². The Kier molecular flexibility index (Phi) is 7.18. The van der Waals surface area contributed by atoms with Crippen LogP contribution in [-0.2, 0) is 15.4 Å². The Hall–Kier alpha value is -3.65. The predicted octanol–water partition coefficient (Wildman–Crippen LogP) is 4.56. The molecular weight excluding hydrogens is 438 g/mol. The van der Waals surface area contributed by atoms with E-state index < -0.39 is 15.9 Å². The first-order valence-corrected chi connectivity index (χ1v) is 11.8. The largest absolute Gasteiger partial charge is 0.495 e. The van der Waals surface area contributed by atoms with Gasteiger partial charge in [-0.25, -0.2) is 13.8 Å². The number of carbonyl (C=O) groups excluding carboxylic acids is 1. The maximum Gasteiger partial charge on any atom is 0.271 e. The number of nitrogens with zero attached hydrogens (tertiary/aromatic N) is 1. The van der Waals surface area contributed by atoms with Gasteiger partial charge in [0.25, 0.3) is 15.9 Å². The van der Waals surface area contributed by atoms with Crippen molar-refractivity contribution in [2.75, 3.05) is 11.8 Å². The molecule has 0 bridgehead atoms. The first-order valence-electron chi connectivity index (χ1n) is 10.3. The lowest BCUT2D eigenvalue weighted by atomic mass is 9.87. The summed E-state index contributed by atoms with van der Waals surface area (Å²) >= 11 is 0. The number of rotatable bonds is 7. The van der Waals surface area contributed by atoms with Gasteiger partial charge in [-0.15, -0.1) is 0 Å². The lowest BCUT2D eigenvalue weighted by Gasteiger charge is -2.18. The number of sulfonamides is 1. The monoisotopic (exact) mass is 465 g/mol. The van der Waals surface area contributed by atoms with Crippen LogP contribution in [0.25, 0.3) is 0 Å². The van der Waals surface area contributed by atoms with Gasteiger partial charge in [0.15, 0.2) is 0 Å². The molecule has 3 aromatic carbocycles. The number of hydrogen-bond acceptors (Lipinski definition) is 5. The highest BCUT2D eigenvalue weighted by molar-refractivity contribution is 7.92. The van der Waals surface area contributed by atoms with Crippen molar-refractivity contribution in [3.05, 3.63) is 89.5 Å². The molecule has 0 saturated heterocycles. The average molecular weight is 466 g/mol. The lowest BCUT2D eigenvalue weighted by Crippen LogP contribution is -2.19. The van der Waals surface area contributed by atoms with Crippen LogP contribution in [0.5, 0.6) is 5.75 Å². The molecule has 0 saturated carbocycles. The molecule has 1 amide bonds. The standard InChI is InChI=1S/C25H27N3O4S/c1-25(2,3)20-14-12-18(13-15-20)17-26-27-24(29)19-8-7-9-21(16-19)33(30,31)28-22-10-5-6-11-23(22)32-4/h5-17,28H,1-4H3,(H,27,29)/b26-17+. The maximum absolute atomic E-state index is 12.8. The van der Waals surface area contributed by atoms with Crippen molar-refractivity contribution in [1.29, 1.82) is 0 Å². The van der Waals surface area contributed by atoms with Crippen LogP contribution in [0.1, 0.15) is 42.3 Å². The zero-order chi connectivity index (χ0) is 24.1. The minimum atomic E-state index is -3.93. The molecule has 0 aromatic heterocycles. The summed E-state index contributed by atoms with van der Waals surface area (Å²) in [6, 6.07) is 20.3. The zero-order valence-electron chi connectivity index (χ0n) is 19.0. The number of ether oxygens (including phenoxy) is 1. The van der Waals surface area contributed by atoms with Crippen LogP contribution in [-0.4, -0.2) is 27.6 Å². The topological polar surface area (TPSA) is 96.9 Å². The van der Waals surface area contributed by atoms with E-state index in [1.807, 2.05) is 24.3 Å². The zero-order valence-corrected chi connectivity index (χ0v) is 19.8. The second-order valence-electron chi connectivity index (χ2n) is 8.40. The minimum absolute atomic E-state index is 0.0513. The van der Waals surface area contributed by atoms with Crippen molar-refractivity contribution in [1.82, 2.24) is 5.43 Å². The second kappa shape index (κ2) is 9.87. The van der Waals surface area contributed by atoms with Crippen LogP contribution < -0.4 is 14.9 Å². The van der Waals surface area contributed by atoms with Crippen molar-refractivity contribution in [2.45, 2.75) is 31.1 Å². The fourth-order valence-corrected chi connectivity index (χ4v) is 4.15. The molecular formula is C25H27N3O4S. The Bertz CT molecular complexity index is 1260. The van der Waals surface area contributed by atoms with Gasteiger partial charge >= 0.3 is 0 Å². The van der Waals surface area contributed by atoms with Crippen LogP contribution in [0, 0.1) is 0 Å². The highest BCUT2D eigenvalue weighted by Gasteiger charge is 2.18. The quantitative estimate of drug-likeness (QED) is 0.395. The summed E-state index contributed by atoms with van der Waals surface area (Å²) < 4.78 is 33.3. The Morgan fingerprint density at radius 2 is 1.67 bits per heavy atom. The van der Waals surface area contributed by atoms with E-state index in [4.69, 9.17) is 4.74 Å². The van der Waals surface area contributed by atoms with Gasteiger partial charge in [-0.1, -0.05) is 63.2 Å². The average Bonchev–Trinajstić information content (AvgIpc) is 2.79. The number of para-hydroxylation sites is 2. The molecule has 0 unspecified atom stereocenters. The van der Waals surface area contributed by atoms with E-state index in [1.54, 1.807) is 24.3 Å². The number of methoxy groups -OCH3 is 1. The maximum atomic E-state index is 12.8. The molecule has 0 aliphatic rings. The number of benzene rings is 3. The van der Waals surface area contributed by atoms with E-state index in [1.165, 1.54) is 43.2 Å². The molecule has 0 radical (unpaired) electrons. The van der Waals surface area contributed by atoms with Crippen LogP contribution in [0.2, 0.25) is 0 Å². The molecule has 0 fully saturated rings. The highest BCUT2D eigenvalue weighted by atomic mass is 32.2. The predicted molar refractivity (Wildman–Crippen MR) is 130 cm³/mol. The number of nitrogens with one attached hydrogen (secondary N) is 2. The molecule has 8 heteroatoms. The SMILES string of the molecule is COc1ccccc1NS(=O)(=O)c1cccc(C(=O)N/N=C/c2ccc(C(C)(C)C)cc2)c1. The molecule has 0 aliphatic heterocycles. The number of amides is 1. The number of hydrazone groups is 1. The molecule has 3 aromatic rings. The number of anilines is 1. The van der Waals surface area contributed by atoms with Crippen LogP contribution in [0.15, 0.2) is 82.8 Å². The Morgan fingerprint density at radius 3 is 2.33 bits per heavy atom. The molecule has 3 rings (SSSR count). The van der Waals surface area contributed by atoms with Gasteiger partial charge in [0.05, 0.1) is 23.9 Å². The molecule has 33 heavy (non-hydrogen) atoms. The smallest absolute Gasteiger partial charge is 0.271 e. The van der Waals surface area contributed by atoms with E-state index in [-0.39, 0.29) is 15.9 Å². The number of carbonyl (C=O) groups is 1. The molecule has 172 valence electrons. The molecule has 0 atom stereocenters. The minimum Gasteiger partial charge on any atom is -0.495 e. The second-order valence-corrected chi connectivity index (χ2v) is 10.1. The third-order valence-electron chi connectivity index (χ3n) is 4.91. The summed E-state index contributed by atoms with van der Waals surface area (Å²) in [5.74, 6) is -0.133. The van der Waals surface area contributed by atoms with Crippen LogP contribution in [0.3, 0.4) is 0 Å². The van der Waals surface area contributed by atoms with Crippen LogP contribution >= 0.6 is 0 Å². The molecule has 0 spiro atoms. The summed E-state index contributed by atoms with van der Waals surface area (Å²) in [5, 5.41) is 3.99. The lowest BCUT2D eigenvalue weighted by molar-refractivity contribution is 0.0955. The summed E-state index contributed by atoms with van der Waals surface area (Å²) in [5.41, 5.74) is 4.98. The van der Waals surface area contributed by atoms with Gasteiger partial charge in [-0.2, -0.15) is 5.10 Å². The summed E-state index contributed by atoms with van der Waals surface area (Å²) in [6.45, 7) is 6.41. The van der Waals surface area contributed by atoms with Crippen molar-refractivity contribution < 1.29 is 17.9 Å². The van der Waals surface area contributed by atoms with Crippen molar-refractivity contribution in [3.8, 4) is 5.75 Å². The van der Waals surface area contributed by atoms with Gasteiger partial charge in [0, 0.05) is 5.56 Å². The van der Waals surface area contributed by atoms with E-state index in [0.29, 0.717) is 11.4 Å². The van der Waals surface area contributed by atoms with Crippen molar-refractivity contribution in [2.24, 2.45) is 5.10 Å². The van der Waals surface area contributed by atoms with Gasteiger partial charge in [0.2, 0.25) is 0 Å². The van der Waals surface area contributed by atoms with Gasteiger partial charge in [0.1, 0.15) is 5.75 Å². The summed E-state index contributed by atoms with van der Waals surface area (Å²) in [6.07, 6.45) is 1.54. The van der Waals surface area contributed by atoms with Crippen molar-refractivity contribution in [3.63, 3.8) is 0 Å². The first kappa shape index (κ1) is 24.0. The van der Waals surface area contributed by atoms with E-state index >= 15 is 0 Å². The Labute approximate surface area is 194 Å². The van der Waals surface area contributed by atoms with Gasteiger partial charge in [-0.05, 0) is 46.9 Å².